The highest BCUT2D eigenvalue weighted by Gasteiger charge is 2.28. The van der Waals surface area contributed by atoms with Crippen molar-refractivity contribution in [2.75, 3.05) is 25.1 Å². The second-order valence-corrected chi connectivity index (χ2v) is 6.79. The molecule has 0 saturated carbocycles. The van der Waals surface area contributed by atoms with Crippen LogP contribution in [-0.2, 0) is 0 Å². The molecule has 26 heavy (non-hydrogen) atoms. The van der Waals surface area contributed by atoms with E-state index in [0.29, 0.717) is 5.75 Å². The number of fused-ring (bicyclic) bond motifs is 1. The van der Waals surface area contributed by atoms with Gasteiger partial charge in [0.15, 0.2) is 0 Å². The molecule has 0 radical (unpaired) electrons. The molecule has 4 rings (SSSR count). The van der Waals surface area contributed by atoms with Crippen molar-refractivity contribution in [1.29, 1.82) is 0 Å². The van der Waals surface area contributed by atoms with Crippen LogP contribution in [0, 0.1) is 5.92 Å². The van der Waals surface area contributed by atoms with Gasteiger partial charge in [0.1, 0.15) is 5.75 Å². The Bertz CT molecular complexity index is 891. The van der Waals surface area contributed by atoms with Crippen molar-refractivity contribution in [1.82, 2.24) is 9.97 Å². The lowest BCUT2D eigenvalue weighted by Gasteiger charge is -2.36. The summed E-state index contributed by atoms with van der Waals surface area (Å²) < 4.78 is 5.37. The normalized spacial score (nSPS) is 16.6. The zero-order valence-corrected chi connectivity index (χ0v) is 14.9. The number of anilines is 1. The van der Waals surface area contributed by atoms with E-state index in [2.05, 4.69) is 33.1 Å². The van der Waals surface area contributed by atoms with Crippen molar-refractivity contribution in [2.24, 2.45) is 5.92 Å². The smallest absolute Gasteiger partial charge is 0.127 e. The van der Waals surface area contributed by atoms with Crippen LogP contribution < -0.4 is 9.64 Å². The predicted molar refractivity (Wildman–Crippen MR) is 102 cm³/mol. The summed E-state index contributed by atoms with van der Waals surface area (Å²) in [6.45, 7) is 1.86. The third kappa shape index (κ3) is 3.22. The van der Waals surface area contributed by atoms with Gasteiger partial charge in [0, 0.05) is 54.5 Å². The number of ether oxygens (including phenoxy) is 1. The third-order valence-corrected chi connectivity index (χ3v) is 5.32. The Morgan fingerprint density at radius 3 is 2.62 bits per heavy atom. The SMILES string of the molecule is COc1ccncc1C(O)C1CCN(c2ccc3cnccc3c2)CC1. The van der Waals surface area contributed by atoms with Gasteiger partial charge in [-0.2, -0.15) is 0 Å². The van der Waals surface area contributed by atoms with E-state index in [4.69, 9.17) is 4.74 Å². The van der Waals surface area contributed by atoms with E-state index in [1.54, 1.807) is 25.6 Å². The van der Waals surface area contributed by atoms with Gasteiger partial charge in [0.05, 0.1) is 13.2 Å². The van der Waals surface area contributed by atoms with E-state index >= 15 is 0 Å². The van der Waals surface area contributed by atoms with Crippen LogP contribution in [0.4, 0.5) is 5.69 Å². The number of aliphatic hydroxyl groups excluding tert-OH is 1. The molecule has 1 unspecified atom stereocenters. The van der Waals surface area contributed by atoms with E-state index in [0.717, 1.165) is 36.9 Å². The lowest BCUT2D eigenvalue weighted by Crippen LogP contribution is -2.35. The standard InChI is InChI=1S/C21H23N3O2/c1-26-20-5-9-23-14-19(20)21(25)15-6-10-24(11-7-15)18-3-2-17-13-22-8-4-16(17)12-18/h2-5,8-9,12-15,21,25H,6-7,10-11H2,1H3. The molecule has 2 aromatic heterocycles. The zero-order valence-electron chi connectivity index (χ0n) is 14.9. The second-order valence-electron chi connectivity index (χ2n) is 6.79. The number of aromatic nitrogens is 2. The largest absolute Gasteiger partial charge is 0.496 e. The van der Waals surface area contributed by atoms with Crippen LogP contribution in [0.5, 0.6) is 5.75 Å². The quantitative estimate of drug-likeness (QED) is 0.780. The summed E-state index contributed by atoms with van der Waals surface area (Å²) in [4.78, 5) is 10.7. The molecule has 1 aliphatic heterocycles. The minimum atomic E-state index is -0.538. The van der Waals surface area contributed by atoms with Gasteiger partial charge in [0.2, 0.25) is 0 Å². The monoisotopic (exact) mass is 349 g/mol. The van der Waals surface area contributed by atoms with Gasteiger partial charge in [-0.25, -0.2) is 0 Å². The Hall–Kier alpha value is -2.66. The molecule has 0 bridgehead atoms. The van der Waals surface area contributed by atoms with Gasteiger partial charge in [-0.15, -0.1) is 0 Å². The van der Waals surface area contributed by atoms with E-state index in [9.17, 15) is 5.11 Å². The van der Waals surface area contributed by atoms with Crippen molar-refractivity contribution < 1.29 is 9.84 Å². The molecule has 0 spiro atoms. The van der Waals surface area contributed by atoms with Crippen LogP contribution in [0.1, 0.15) is 24.5 Å². The van der Waals surface area contributed by atoms with Crippen LogP contribution in [0.15, 0.2) is 55.1 Å². The number of hydrogen-bond acceptors (Lipinski definition) is 5. The number of rotatable bonds is 4. The molecule has 3 heterocycles. The highest BCUT2D eigenvalue weighted by molar-refractivity contribution is 5.85. The van der Waals surface area contributed by atoms with Crippen LogP contribution in [-0.4, -0.2) is 35.3 Å². The summed E-state index contributed by atoms with van der Waals surface area (Å²) in [6.07, 6.45) is 8.46. The van der Waals surface area contributed by atoms with Crippen LogP contribution in [0.3, 0.4) is 0 Å². The maximum Gasteiger partial charge on any atom is 0.127 e. The number of benzene rings is 1. The van der Waals surface area contributed by atoms with Crippen molar-refractivity contribution >= 4 is 16.5 Å². The fourth-order valence-corrected chi connectivity index (χ4v) is 3.80. The summed E-state index contributed by atoms with van der Waals surface area (Å²) in [7, 11) is 1.63. The summed E-state index contributed by atoms with van der Waals surface area (Å²) in [6, 6.07) is 10.4. The predicted octanol–water partition coefficient (Wildman–Crippen LogP) is 3.59. The molecule has 1 saturated heterocycles. The molecule has 5 nitrogen and oxygen atoms in total. The molecule has 1 fully saturated rings. The van der Waals surface area contributed by atoms with Gasteiger partial charge < -0.3 is 14.7 Å². The highest BCUT2D eigenvalue weighted by atomic mass is 16.5. The number of methoxy groups -OCH3 is 1. The summed E-state index contributed by atoms with van der Waals surface area (Å²) in [5.41, 5.74) is 2.02. The number of aliphatic hydroxyl groups is 1. The first-order valence-corrected chi connectivity index (χ1v) is 9.01. The minimum absolute atomic E-state index is 0.217. The van der Waals surface area contributed by atoms with E-state index in [-0.39, 0.29) is 5.92 Å². The lowest BCUT2D eigenvalue weighted by molar-refractivity contribution is 0.0901. The van der Waals surface area contributed by atoms with Crippen molar-refractivity contribution in [3.63, 3.8) is 0 Å². The third-order valence-electron chi connectivity index (χ3n) is 5.32. The molecule has 1 aliphatic rings. The van der Waals surface area contributed by atoms with E-state index < -0.39 is 6.10 Å². The molecule has 0 amide bonds. The van der Waals surface area contributed by atoms with Gasteiger partial charge in [-0.05, 0) is 48.4 Å². The van der Waals surface area contributed by atoms with Crippen molar-refractivity contribution in [3.8, 4) is 5.75 Å². The minimum Gasteiger partial charge on any atom is -0.496 e. The molecule has 1 atom stereocenters. The van der Waals surface area contributed by atoms with Crippen LogP contribution in [0.25, 0.3) is 10.8 Å². The Labute approximate surface area is 153 Å². The molecule has 134 valence electrons. The number of piperidine rings is 1. The first-order chi connectivity index (χ1) is 12.8. The van der Waals surface area contributed by atoms with Gasteiger partial charge >= 0.3 is 0 Å². The average molecular weight is 349 g/mol. The molecule has 1 aromatic carbocycles. The first kappa shape index (κ1) is 16.8. The Kier molecular flexibility index (Phi) is 4.71. The molecular weight excluding hydrogens is 326 g/mol. The molecule has 3 aromatic rings. The molecule has 5 heteroatoms. The number of hydrogen-bond donors (Lipinski definition) is 1. The topological polar surface area (TPSA) is 58.5 Å². The Morgan fingerprint density at radius 1 is 1.04 bits per heavy atom. The summed E-state index contributed by atoms with van der Waals surface area (Å²) in [5.74, 6) is 0.923. The Morgan fingerprint density at radius 2 is 1.81 bits per heavy atom. The van der Waals surface area contributed by atoms with Crippen molar-refractivity contribution in [2.45, 2.75) is 18.9 Å². The molecule has 0 aliphatic carbocycles. The maximum absolute atomic E-state index is 10.8. The second kappa shape index (κ2) is 7.30. The Balaban J connectivity index is 1.46. The molecular formula is C21H23N3O2. The highest BCUT2D eigenvalue weighted by Crippen LogP contribution is 2.36. The lowest BCUT2D eigenvalue weighted by atomic mass is 9.87. The van der Waals surface area contributed by atoms with Crippen molar-refractivity contribution in [3.05, 3.63) is 60.7 Å². The zero-order chi connectivity index (χ0) is 17.9. The summed E-state index contributed by atoms with van der Waals surface area (Å²) in [5, 5.41) is 13.2. The molecule has 1 N–H and O–H groups in total. The van der Waals surface area contributed by atoms with E-state index in [1.165, 1.54) is 11.1 Å². The maximum atomic E-state index is 10.8. The first-order valence-electron chi connectivity index (χ1n) is 9.01. The van der Waals surface area contributed by atoms with Gasteiger partial charge in [-0.3, -0.25) is 9.97 Å². The van der Waals surface area contributed by atoms with E-state index in [1.807, 2.05) is 18.5 Å². The van der Waals surface area contributed by atoms with Crippen LogP contribution in [0.2, 0.25) is 0 Å². The fourth-order valence-electron chi connectivity index (χ4n) is 3.80. The average Bonchev–Trinajstić information content (AvgIpc) is 2.73. The van der Waals surface area contributed by atoms with Gasteiger partial charge in [0.25, 0.3) is 0 Å². The van der Waals surface area contributed by atoms with Gasteiger partial charge in [-0.1, -0.05) is 6.07 Å². The summed E-state index contributed by atoms with van der Waals surface area (Å²) >= 11 is 0. The number of nitrogens with zero attached hydrogens (tertiary/aromatic N) is 3. The number of pyridine rings is 2. The fraction of sp³-hybridized carbons (Fsp3) is 0.333. The van der Waals surface area contributed by atoms with Crippen LogP contribution >= 0.6 is 0 Å².